The van der Waals surface area contributed by atoms with Gasteiger partial charge in [-0.05, 0) is 54.8 Å². The van der Waals surface area contributed by atoms with E-state index in [0.717, 1.165) is 36.3 Å². The summed E-state index contributed by atoms with van der Waals surface area (Å²) in [7, 11) is -3.55. The number of rotatable bonds is 6. The van der Waals surface area contributed by atoms with Crippen LogP contribution in [0.3, 0.4) is 0 Å². The molecular weight excluding hydrogens is 428 g/mol. The normalized spacial score (nSPS) is 18.6. The molecule has 2 aromatic rings. The van der Waals surface area contributed by atoms with E-state index < -0.39 is 10.0 Å². The molecule has 2 aliphatic rings. The fourth-order valence-corrected chi connectivity index (χ4v) is 5.85. The summed E-state index contributed by atoms with van der Waals surface area (Å²) in [5.74, 6) is 1.38. The lowest BCUT2D eigenvalue weighted by Crippen LogP contribution is -2.31. The first-order chi connectivity index (χ1) is 15.5. The molecule has 0 radical (unpaired) electrons. The van der Waals surface area contributed by atoms with Gasteiger partial charge in [0, 0.05) is 31.6 Å². The number of nitrogens with zero attached hydrogens (tertiary/aromatic N) is 2. The summed E-state index contributed by atoms with van der Waals surface area (Å²) in [4.78, 5) is 15.4. The first-order valence-corrected chi connectivity index (χ1v) is 12.7. The van der Waals surface area contributed by atoms with Crippen molar-refractivity contribution in [1.29, 1.82) is 0 Å². The van der Waals surface area contributed by atoms with Crippen LogP contribution in [0.1, 0.15) is 55.1 Å². The summed E-state index contributed by atoms with van der Waals surface area (Å²) in [6, 6.07) is 12.1. The number of amides is 1. The van der Waals surface area contributed by atoms with Gasteiger partial charge in [-0.2, -0.15) is 4.31 Å². The second-order valence-electron chi connectivity index (χ2n) is 8.03. The molecule has 0 saturated carbocycles. The van der Waals surface area contributed by atoms with Crippen LogP contribution in [-0.2, 0) is 10.0 Å². The van der Waals surface area contributed by atoms with E-state index in [-0.39, 0.29) is 16.8 Å². The minimum atomic E-state index is -3.55. The molecule has 0 aromatic heterocycles. The Morgan fingerprint density at radius 3 is 2.38 bits per heavy atom. The molecule has 7 nitrogen and oxygen atoms in total. The first kappa shape index (κ1) is 22.6. The van der Waals surface area contributed by atoms with E-state index in [2.05, 4.69) is 0 Å². The Hall–Kier alpha value is -2.58. The summed E-state index contributed by atoms with van der Waals surface area (Å²) in [6.45, 7) is 6.36. The summed E-state index contributed by atoms with van der Waals surface area (Å²) < 4.78 is 38.4. The second-order valence-corrected chi connectivity index (χ2v) is 9.96. The quantitative estimate of drug-likeness (QED) is 0.657. The standard InChI is InChI=1S/C24H30N2O5S/c1-3-25(4-2)32(28,29)20-11-8-18(9-12-20)24(27)26-14-5-7-21(26)19-10-13-22-23(17-19)31-16-6-15-30-22/h8-13,17,21H,3-7,14-16H2,1-2H3/t21-/m0/s1. The number of sulfonamides is 1. The summed E-state index contributed by atoms with van der Waals surface area (Å²) in [6.07, 6.45) is 2.64. The SMILES string of the molecule is CCN(CC)S(=O)(=O)c1ccc(C(=O)N2CCC[C@H]2c2ccc3c(c2)OCCCO3)cc1. The summed E-state index contributed by atoms with van der Waals surface area (Å²) in [5, 5.41) is 0. The van der Waals surface area contributed by atoms with Crippen LogP contribution in [0.25, 0.3) is 0 Å². The highest BCUT2D eigenvalue weighted by atomic mass is 32.2. The number of likely N-dealkylation sites (tertiary alicyclic amines) is 1. The van der Waals surface area contributed by atoms with Gasteiger partial charge in [0.05, 0.1) is 24.2 Å². The maximum absolute atomic E-state index is 13.3. The van der Waals surface area contributed by atoms with Crippen LogP contribution in [0.5, 0.6) is 11.5 Å². The second kappa shape index (κ2) is 9.50. The number of carbonyl (C=O) groups excluding carboxylic acids is 1. The lowest BCUT2D eigenvalue weighted by atomic mass is 10.0. The van der Waals surface area contributed by atoms with Crippen molar-refractivity contribution < 1.29 is 22.7 Å². The van der Waals surface area contributed by atoms with Crippen LogP contribution in [0.15, 0.2) is 47.4 Å². The average Bonchev–Trinajstić information content (AvgIpc) is 3.18. The van der Waals surface area contributed by atoms with Crippen LogP contribution in [0, 0.1) is 0 Å². The molecule has 0 spiro atoms. The minimum absolute atomic E-state index is 0.0428. The fourth-order valence-electron chi connectivity index (χ4n) is 4.39. The lowest BCUT2D eigenvalue weighted by Gasteiger charge is -2.26. The smallest absolute Gasteiger partial charge is 0.254 e. The van der Waals surface area contributed by atoms with Crippen molar-refractivity contribution in [2.24, 2.45) is 0 Å². The Morgan fingerprint density at radius 2 is 1.69 bits per heavy atom. The predicted octanol–water partition coefficient (Wildman–Crippen LogP) is 3.86. The van der Waals surface area contributed by atoms with E-state index >= 15 is 0 Å². The molecule has 0 bridgehead atoms. The monoisotopic (exact) mass is 458 g/mol. The van der Waals surface area contributed by atoms with E-state index in [1.807, 2.05) is 36.9 Å². The third-order valence-corrected chi connectivity index (χ3v) is 8.18. The zero-order valence-corrected chi connectivity index (χ0v) is 19.4. The Labute approximate surface area is 190 Å². The zero-order valence-electron chi connectivity index (χ0n) is 18.6. The van der Waals surface area contributed by atoms with Crippen LogP contribution in [-0.4, -0.2) is 56.4 Å². The maximum Gasteiger partial charge on any atom is 0.254 e. The van der Waals surface area contributed by atoms with Gasteiger partial charge >= 0.3 is 0 Å². The van der Waals surface area contributed by atoms with Crippen molar-refractivity contribution in [3.05, 3.63) is 53.6 Å². The van der Waals surface area contributed by atoms with E-state index in [0.29, 0.717) is 38.4 Å². The Morgan fingerprint density at radius 1 is 1.00 bits per heavy atom. The number of carbonyl (C=O) groups is 1. The van der Waals surface area contributed by atoms with E-state index in [1.54, 1.807) is 12.1 Å². The van der Waals surface area contributed by atoms with Crippen molar-refractivity contribution in [3.63, 3.8) is 0 Å². The Kier molecular flexibility index (Phi) is 6.71. The topological polar surface area (TPSA) is 76.2 Å². The molecule has 2 aromatic carbocycles. The van der Waals surface area contributed by atoms with Crippen LogP contribution >= 0.6 is 0 Å². The number of benzene rings is 2. The number of hydrogen-bond donors (Lipinski definition) is 0. The third kappa shape index (κ3) is 4.34. The van der Waals surface area contributed by atoms with Crippen LogP contribution in [0.2, 0.25) is 0 Å². The van der Waals surface area contributed by atoms with Gasteiger partial charge in [-0.1, -0.05) is 19.9 Å². The largest absolute Gasteiger partial charge is 0.490 e. The van der Waals surface area contributed by atoms with E-state index in [1.165, 1.54) is 16.4 Å². The van der Waals surface area contributed by atoms with Crippen LogP contribution < -0.4 is 9.47 Å². The van der Waals surface area contributed by atoms with Gasteiger partial charge in [0.25, 0.3) is 5.91 Å². The molecule has 8 heteroatoms. The molecule has 1 amide bonds. The van der Waals surface area contributed by atoms with Gasteiger partial charge in [0.2, 0.25) is 10.0 Å². The van der Waals surface area contributed by atoms with Crippen molar-refractivity contribution in [2.75, 3.05) is 32.8 Å². The molecule has 1 fully saturated rings. The summed E-state index contributed by atoms with van der Waals surface area (Å²) >= 11 is 0. The molecule has 172 valence electrons. The van der Waals surface area contributed by atoms with Gasteiger partial charge < -0.3 is 14.4 Å². The number of hydrogen-bond acceptors (Lipinski definition) is 5. The van der Waals surface area contributed by atoms with Gasteiger partial charge in [-0.15, -0.1) is 0 Å². The summed E-state index contributed by atoms with van der Waals surface area (Å²) in [5.41, 5.74) is 1.52. The number of fused-ring (bicyclic) bond motifs is 1. The molecule has 32 heavy (non-hydrogen) atoms. The maximum atomic E-state index is 13.3. The third-order valence-electron chi connectivity index (χ3n) is 6.11. The van der Waals surface area contributed by atoms with E-state index in [4.69, 9.17) is 9.47 Å². The van der Waals surface area contributed by atoms with Crippen molar-refractivity contribution >= 4 is 15.9 Å². The molecule has 0 aliphatic carbocycles. The number of ether oxygens (including phenoxy) is 2. The fraction of sp³-hybridized carbons (Fsp3) is 0.458. The molecule has 4 rings (SSSR count). The molecule has 0 N–H and O–H groups in total. The van der Waals surface area contributed by atoms with Gasteiger partial charge in [-0.25, -0.2) is 8.42 Å². The predicted molar refractivity (Wildman–Crippen MR) is 122 cm³/mol. The Balaban J connectivity index is 1.55. The minimum Gasteiger partial charge on any atom is -0.490 e. The van der Waals surface area contributed by atoms with Crippen molar-refractivity contribution in [1.82, 2.24) is 9.21 Å². The highest BCUT2D eigenvalue weighted by Gasteiger charge is 2.32. The zero-order chi connectivity index (χ0) is 22.7. The molecule has 0 unspecified atom stereocenters. The Bertz CT molecular complexity index is 1060. The lowest BCUT2D eigenvalue weighted by molar-refractivity contribution is 0.0735. The molecule has 1 saturated heterocycles. The average molecular weight is 459 g/mol. The first-order valence-electron chi connectivity index (χ1n) is 11.3. The highest BCUT2D eigenvalue weighted by Crippen LogP contribution is 2.38. The van der Waals surface area contributed by atoms with Crippen LogP contribution in [0.4, 0.5) is 0 Å². The molecule has 1 atom stereocenters. The molecular formula is C24H30N2O5S. The molecule has 2 aliphatic heterocycles. The highest BCUT2D eigenvalue weighted by molar-refractivity contribution is 7.89. The van der Waals surface area contributed by atoms with Gasteiger partial charge in [-0.3, -0.25) is 4.79 Å². The molecule has 2 heterocycles. The van der Waals surface area contributed by atoms with Gasteiger partial charge in [0.15, 0.2) is 11.5 Å². The van der Waals surface area contributed by atoms with Crippen molar-refractivity contribution in [2.45, 2.75) is 44.0 Å². The van der Waals surface area contributed by atoms with Gasteiger partial charge in [0.1, 0.15) is 0 Å². The van der Waals surface area contributed by atoms with E-state index in [9.17, 15) is 13.2 Å². The van der Waals surface area contributed by atoms with Crippen molar-refractivity contribution in [3.8, 4) is 11.5 Å².